The standard InChI is InChI=1S/C13H19N5O2/c1-8-5-4-6-18(7-8)12-14-9-10(15-12)16(2)13(20)17(3)11(9)19/h8H,4-7H2,1-3H3,(H,14,15)/t8-/m0/s1. The molecule has 0 amide bonds. The summed E-state index contributed by atoms with van der Waals surface area (Å²) in [5.41, 5.74) is 0.133. The first-order valence-electron chi connectivity index (χ1n) is 6.89. The Morgan fingerprint density at radius 2 is 2.00 bits per heavy atom. The van der Waals surface area contributed by atoms with Crippen LogP contribution in [0.3, 0.4) is 0 Å². The first-order chi connectivity index (χ1) is 9.49. The molecule has 0 spiro atoms. The van der Waals surface area contributed by atoms with Crippen molar-refractivity contribution in [3.63, 3.8) is 0 Å². The lowest BCUT2D eigenvalue weighted by molar-refractivity contribution is 0.443. The smallest absolute Gasteiger partial charge is 0.332 e. The molecule has 0 bridgehead atoms. The van der Waals surface area contributed by atoms with Crippen LogP contribution in [0.4, 0.5) is 5.95 Å². The Morgan fingerprint density at radius 1 is 1.25 bits per heavy atom. The quantitative estimate of drug-likeness (QED) is 0.807. The molecule has 3 rings (SSSR count). The molecule has 20 heavy (non-hydrogen) atoms. The lowest BCUT2D eigenvalue weighted by atomic mass is 10.0. The number of hydrogen-bond donors (Lipinski definition) is 1. The molecular weight excluding hydrogens is 258 g/mol. The molecule has 1 N–H and O–H groups in total. The number of imidazole rings is 1. The van der Waals surface area contributed by atoms with Gasteiger partial charge in [-0.25, -0.2) is 4.79 Å². The van der Waals surface area contributed by atoms with E-state index in [0.717, 1.165) is 24.1 Å². The van der Waals surface area contributed by atoms with Crippen molar-refractivity contribution < 1.29 is 0 Å². The summed E-state index contributed by atoms with van der Waals surface area (Å²) in [4.78, 5) is 33.7. The fourth-order valence-electron chi connectivity index (χ4n) is 2.85. The number of aryl methyl sites for hydroxylation is 1. The number of piperidine rings is 1. The first kappa shape index (κ1) is 13.0. The van der Waals surface area contributed by atoms with Crippen LogP contribution in [-0.4, -0.2) is 32.2 Å². The third-order valence-electron chi connectivity index (χ3n) is 4.04. The minimum Gasteiger partial charge on any atom is -0.342 e. The number of fused-ring (bicyclic) bond motifs is 1. The number of nitrogens with zero attached hydrogens (tertiary/aromatic N) is 4. The van der Waals surface area contributed by atoms with E-state index in [1.807, 2.05) is 0 Å². The van der Waals surface area contributed by atoms with Crippen LogP contribution < -0.4 is 16.1 Å². The molecule has 0 aromatic carbocycles. The summed E-state index contributed by atoms with van der Waals surface area (Å²) in [6.07, 6.45) is 2.34. The monoisotopic (exact) mass is 277 g/mol. The number of rotatable bonds is 1. The number of anilines is 1. The van der Waals surface area contributed by atoms with Crippen LogP contribution in [-0.2, 0) is 14.1 Å². The highest BCUT2D eigenvalue weighted by Gasteiger charge is 2.21. The van der Waals surface area contributed by atoms with E-state index in [1.54, 1.807) is 7.05 Å². The SMILES string of the molecule is C[C@H]1CCCN(c2nc3c([nH]2)c(=O)n(C)c(=O)n3C)C1. The van der Waals surface area contributed by atoms with Crippen LogP contribution in [0.15, 0.2) is 9.59 Å². The summed E-state index contributed by atoms with van der Waals surface area (Å²) in [5, 5.41) is 0. The molecule has 2 aromatic rings. The van der Waals surface area contributed by atoms with Gasteiger partial charge in [-0.15, -0.1) is 0 Å². The maximum Gasteiger partial charge on any atom is 0.332 e. The van der Waals surface area contributed by atoms with Gasteiger partial charge in [0.1, 0.15) is 0 Å². The molecule has 108 valence electrons. The molecule has 3 heterocycles. The van der Waals surface area contributed by atoms with Crippen molar-refractivity contribution in [2.45, 2.75) is 19.8 Å². The highest BCUT2D eigenvalue weighted by atomic mass is 16.2. The topological polar surface area (TPSA) is 75.9 Å². The van der Waals surface area contributed by atoms with Gasteiger partial charge in [0.25, 0.3) is 5.56 Å². The second kappa shape index (κ2) is 4.50. The number of aromatic nitrogens is 4. The number of nitrogens with one attached hydrogen (secondary N) is 1. The molecule has 2 aromatic heterocycles. The number of H-pyrrole nitrogens is 1. The van der Waals surface area contributed by atoms with Gasteiger partial charge >= 0.3 is 5.69 Å². The Balaban J connectivity index is 2.16. The van der Waals surface area contributed by atoms with Crippen molar-refractivity contribution >= 4 is 17.1 Å². The molecule has 0 radical (unpaired) electrons. The van der Waals surface area contributed by atoms with Gasteiger partial charge in [0.2, 0.25) is 5.95 Å². The predicted octanol–water partition coefficient (Wildman–Crippen LogP) is 0.197. The van der Waals surface area contributed by atoms with Crippen LogP contribution in [0.25, 0.3) is 11.2 Å². The summed E-state index contributed by atoms with van der Waals surface area (Å²) in [6.45, 7) is 4.07. The number of aromatic amines is 1. The molecule has 7 nitrogen and oxygen atoms in total. The van der Waals surface area contributed by atoms with E-state index in [2.05, 4.69) is 21.8 Å². The van der Waals surface area contributed by atoms with Gasteiger partial charge in [-0.2, -0.15) is 4.98 Å². The normalized spacial score (nSPS) is 19.8. The van der Waals surface area contributed by atoms with E-state index < -0.39 is 0 Å². The summed E-state index contributed by atoms with van der Waals surface area (Å²) in [5.74, 6) is 1.30. The Morgan fingerprint density at radius 3 is 2.70 bits per heavy atom. The van der Waals surface area contributed by atoms with Crippen molar-refractivity contribution in [1.82, 2.24) is 19.1 Å². The van der Waals surface area contributed by atoms with Crippen molar-refractivity contribution in [1.29, 1.82) is 0 Å². The van der Waals surface area contributed by atoms with Gasteiger partial charge in [0.15, 0.2) is 11.2 Å². The van der Waals surface area contributed by atoms with E-state index in [0.29, 0.717) is 23.0 Å². The zero-order valence-corrected chi connectivity index (χ0v) is 12.0. The van der Waals surface area contributed by atoms with Crippen molar-refractivity contribution in [2.24, 2.45) is 20.0 Å². The average molecular weight is 277 g/mol. The summed E-state index contributed by atoms with van der Waals surface area (Å²) in [6, 6.07) is 0. The average Bonchev–Trinajstić information content (AvgIpc) is 2.88. The van der Waals surface area contributed by atoms with E-state index in [9.17, 15) is 9.59 Å². The van der Waals surface area contributed by atoms with Gasteiger partial charge in [-0.1, -0.05) is 6.92 Å². The van der Waals surface area contributed by atoms with Crippen molar-refractivity contribution in [2.75, 3.05) is 18.0 Å². The van der Waals surface area contributed by atoms with E-state index in [4.69, 9.17) is 0 Å². The minimum absolute atomic E-state index is 0.327. The second-order valence-electron chi connectivity index (χ2n) is 5.66. The molecular formula is C13H19N5O2. The van der Waals surface area contributed by atoms with Gasteiger partial charge in [-0.05, 0) is 18.8 Å². The van der Waals surface area contributed by atoms with E-state index in [1.165, 1.54) is 18.0 Å². The van der Waals surface area contributed by atoms with Crippen molar-refractivity contribution in [3.8, 4) is 0 Å². The predicted molar refractivity (Wildman–Crippen MR) is 77.2 cm³/mol. The van der Waals surface area contributed by atoms with Gasteiger partial charge < -0.3 is 9.88 Å². The molecule has 1 fully saturated rings. The summed E-state index contributed by atoms with van der Waals surface area (Å²) < 4.78 is 2.51. The van der Waals surface area contributed by atoms with Crippen LogP contribution in [0.2, 0.25) is 0 Å². The molecule has 0 unspecified atom stereocenters. The lowest BCUT2D eigenvalue weighted by Crippen LogP contribution is -2.36. The number of hydrogen-bond acceptors (Lipinski definition) is 4. The lowest BCUT2D eigenvalue weighted by Gasteiger charge is -2.30. The van der Waals surface area contributed by atoms with E-state index in [-0.39, 0.29) is 11.2 Å². The zero-order valence-electron chi connectivity index (χ0n) is 12.0. The molecule has 0 saturated carbocycles. The van der Waals surface area contributed by atoms with E-state index >= 15 is 0 Å². The molecule has 7 heteroatoms. The van der Waals surface area contributed by atoms with Gasteiger partial charge in [-0.3, -0.25) is 13.9 Å². The molecule has 1 aliphatic rings. The Labute approximate surface area is 115 Å². The van der Waals surface area contributed by atoms with Crippen LogP contribution in [0.1, 0.15) is 19.8 Å². The van der Waals surface area contributed by atoms with Crippen LogP contribution >= 0.6 is 0 Å². The van der Waals surface area contributed by atoms with Gasteiger partial charge in [0.05, 0.1) is 0 Å². The summed E-state index contributed by atoms with van der Waals surface area (Å²) >= 11 is 0. The molecule has 0 aliphatic carbocycles. The zero-order chi connectivity index (χ0) is 14.4. The Bertz CT molecular complexity index is 769. The largest absolute Gasteiger partial charge is 0.342 e. The van der Waals surface area contributed by atoms with Crippen LogP contribution in [0, 0.1) is 5.92 Å². The van der Waals surface area contributed by atoms with Crippen LogP contribution in [0.5, 0.6) is 0 Å². The molecule has 1 atom stereocenters. The fraction of sp³-hybridized carbons (Fsp3) is 0.615. The highest BCUT2D eigenvalue weighted by molar-refractivity contribution is 5.72. The first-order valence-corrected chi connectivity index (χ1v) is 6.89. The molecule has 1 aliphatic heterocycles. The summed E-state index contributed by atoms with van der Waals surface area (Å²) in [7, 11) is 3.11. The minimum atomic E-state index is -0.354. The van der Waals surface area contributed by atoms with Gasteiger partial charge in [0, 0.05) is 27.2 Å². The second-order valence-corrected chi connectivity index (χ2v) is 5.66. The third-order valence-corrected chi connectivity index (χ3v) is 4.04. The molecule has 1 saturated heterocycles. The maximum atomic E-state index is 12.1. The fourth-order valence-corrected chi connectivity index (χ4v) is 2.85. The Kier molecular flexibility index (Phi) is 2.92. The maximum absolute atomic E-state index is 12.1. The van der Waals surface area contributed by atoms with Crippen molar-refractivity contribution in [3.05, 3.63) is 20.8 Å². The third kappa shape index (κ3) is 1.85. The Hall–Kier alpha value is -2.05. The highest BCUT2D eigenvalue weighted by Crippen LogP contribution is 2.21.